The number of amides is 2. The summed E-state index contributed by atoms with van der Waals surface area (Å²) in [6.45, 7) is 4.02. The van der Waals surface area contributed by atoms with E-state index in [9.17, 15) is 22.8 Å². The first-order chi connectivity index (χ1) is 8.42. The Morgan fingerprint density at radius 3 is 2.05 bits per heavy atom. The Morgan fingerprint density at radius 1 is 1.21 bits per heavy atom. The van der Waals surface area contributed by atoms with Gasteiger partial charge in [0.05, 0.1) is 11.8 Å². The van der Waals surface area contributed by atoms with Gasteiger partial charge in [-0.15, -0.1) is 0 Å². The Balaban J connectivity index is 2.81. The van der Waals surface area contributed by atoms with Crippen molar-refractivity contribution < 1.29 is 27.9 Å². The lowest BCUT2D eigenvalue weighted by atomic mass is 9.96. The Hall–Kier alpha value is -1.47. The van der Waals surface area contributed by atoms with Crippen molar-refractivity contribution in [3.63, 3.8) is 0 Å². The number of halogens is 3. The summed E-state index contributed by atoms with van der Waals surface area (Å²) in [7, 11) is 0. The number of nitrogens with one attached hydrogen (secondary N) is 1. The summed E-state index contributed by atoms with van der Waals surface area (Å²) in [6, 6.07) is -0.675. The normalized spacial score (nSPS) is 24.4. The molecule has 1 saturated heterocycles. The maximum Gasteiger partial charge on any atom is 0.394 e. The second-order valence-corrected chi connectivity index (χ2v) is 5.68. The minimum Gasteiger partial charge on any atom is -0.481 e. The SMILES string of the molecule is CC(C)(C)NC(=O)N1C[C@@H](C(F)(F)F)[C@H](C(=O)O)C1. The number of hydrogen-bond donors (Lipinski definition) is 2. The van der Waals surface area contributed by atoms with Crippen LogP contribution in [0.15, 0.2) is 0 Å². The summed E-state index contributed by atoms with van der Waals surface area (Å²) in [5.41, 5.74) is -0.591. The van der Waals surface area contributed by atoms with Crippen molar-refractivity contribution in [3.8, 4) is 0 Å². The van der Waals surface area contributed by atoms with Crippen molar-refractivity contribution in [2.24, 2.45) is 11.8 Å². The van der Waals surface area contributed by atoms with Crippen LogP contribution in [0.5, 0.6) is 0 Å². The van der Waals surface area contributed by atoms with Crippen LogP contribution in [0.3, 0.4) is 0 Å². The molecule has 0 spiro atoms. The predicted octanol–water partition coefficient (Wildman–Crippen LogP) is 1.69. The third-order valence-corrected chi connectivity index (χ3v) is 2.83. The number of hydrogen-bond acceptors (Lipinski definition) is 2. The van der Waals surface area contributed by atoms with E-state index >= 15 is 0 Å². The number of nitrogens with zero attached hydrogens (tertiary/aromatic N) is 1. The van der Waals surface area contributed by atoms with Gasteiger partial charge < -0.3 is 15.3 Å². The van der Waals surface area contributed by atoms with Gasteiger partial charge in [0.1, 0.15) is 0 Å². The zero-order valence-electron chi connectivity index (χ0n) is 10.9. The molecule has 0 saturated carbocycles. The number of carbonyl (C=O) groups is 2. The highest BCUT2D eigenvalue weighted by molar-refractivity contribution is 5.78. The Labute approximate surface area is 108 Å². The number of likely N-dealkylation sites (tertiary alicyclic amines) is 1. The molecular weight excluding hydrogens is 265 g/mol. The van der Waals surface area contributed by atoms with E-state index in [0.29, 0.717) is 0 Å². The van der Waals surface area contributed by atoms with Gasteiger partial charge in [-0.05, 0) is 20.8 Å². The highest BCUT2D eigenvalue weighted by atomic mass is 19.4. The largest absolute Gasteiger partial charge is 0.481 e. The standard InChI is InChI=1S/C11H17F3N2O3/c1-10(2,3)15-9(19)16-4-6(8(17)18)7(5-16)11(12,13)14/h6-7H,4-5H2,1-3H3,(H,15,19)(H,17,18)/t6-,7-/m1/s1. The van der Waals surface area contributed by atoms with Gasteiger partial charge in [-0.2, -0.15) is 13.2 Å². The second kappa shape index (κ2) is 4.90. The first kappa shape index (κ1) is 15.6. The third kappa shape index (κ3) is 4.00. The van der Waals surface area contributed by atoms with Crippen molar-refractivity contribution in [1.82, 2.24) is 10.2 Å². The van der Waals surface area contributed by atoms with Gasteiger partial charge in [0.25, 0.3) is 0 Å². The average Bonchev–Trinajstić information content (AvgIpc) is 2.57. The number of aliphatic carboxylic acids is 1. The molecule has 1 heterocycles. The molecule has 0 bridgehead atoms. The molecule has 0 radical (unpaired) electrons. The van der Waals surface area contributed by atoms with Crippen LogP contribution in [0.2, 0.25) is 0 Å². The summed E-state index contributed by atoms with van der Waals surface area (Å²) in [5.74, 6) is -5.16. The highest BCUT2D eigenvalue weighted by Gasteiger charge is 2.53. The highest BCUT2D eigenvalue weighted by Crippen LogP contribution is 2.37. The lowest BCUT2D eigenvalue weighted by Gasteiger charge is -2.25. The zero-order chi connectivity index (χ0) is 15.0. The van der Waals surface area contributed by atoms with Crippen LogP contribution in [0, 0.1) is 11.8 Å². The molecule has 2 amide bonds. The van der Waals surface area contributed by atoms with Crippen LogP contribution < -0.4 is 5.32 Å². The zero-order valence-corrected chi connectivity index (χ0v) is 10.9. The van der Waals surface area contributed by atoms with Gasteiger partial charge in [0.15, 0.2) is 0 Å². The quantitative estimate of drug-likeness (QED) is 0.769. The fourth-order valence-electron chi connectivity index (χ4n) is 1.95. The predicted molar refractivity (Wildman–Crippen MR) is 60.5 cm³/mol. The summed E-state index contributed by atoms with van der Waals surface area (Å²) < 4.78 is 38.2. The van der Waals surface area contributed by atoms with Crippen molar-refractivity contribution in [3.05, 3.63) is 0 Å². The molecule has 1 aliphatic rings. The van der Waals surface area contributed by atoms with Gasteiger partial charge in [-0.25, -0.2) is 4.79 Å². The summed E-state index contributed by atoms with van der Waals surface area (Å²) in [6.07, 6.45) is -4.63. The molecule has 2 atom stereocenters. The van der Waals surface area contributed by atoms with Gasteiger partial charge in [0, 0.05) is 18.6 Å². The van der Waals surface area contributed by atoms with E-state index in [1.165, 1.54) is 0 Å². The second-order valence-electron chi connectivity index (χ2n) is 5.68. The van der Waals surface area contributed by atoms with E-state index in [1.807, 2.05) is 0 Å². The maximum atomic E-state index is 12.7. The minimum atomic E-state index is -4.63. The lowest BCUT2D eigenvalue weighted by Crippen LogP contribution is -2.48. The van der Waals surface area contributed by atoms with Crippen molar-refractivity contribution in [2.45, 2.75) is 32.5 Å². The molecule has 0 unspecified atom stereocenters. The van der Waals surface area contributed by atoms with Crippen LogP contribution in [-0.2, 0) is 4.79 Å². The number of alkyl halides is 3. The number of carboxylic acid groups (broad SMARTS) is 1. The van der Waals surface area contributed by atoms with Crippen molar-refractivity contribution >= 4 is 12.0 Å². The average molecular weight is 282 g/mol. The van der Waals surface area contributed by atoms with Crippen molar-refractivity contribution in [1.29, 1.82) is 0 Å². The van der Waals surface area contributed by atoms with Gasteiger partial charge >= 0.3 is 18.2 Å². The van der Waals surface area contributed by atoms with Gasteiger partial charge in [-0.1, -0.05) is 0 Å². The molecule has 19 heavy (non-hydrogen) atoms. The van der Waals surface area contributed by atoms with Crippen molar-refractivity contribution in [2.75, 3.05) is 13.1 Å². The van der Waals surface area contributed by atoms with Crippen LogP contribution in [0.25, 0.3) is 0 Å². The summed E-state index contributed by atoms with van der Waals surface area (Å²) in [4.78, 5) is 23.5. The molecule has 0 aromatic heterocycles. The Morgan fingerprint density at radius 2 is 1.74 bits per heavy atom. The van der Waals surface area contributed by atoms with E-state index in [4.69, 9.17) is 5.11 Å². The Kier molecular flexibility index (Phi) is 4.02. The van der Waals surface area contributed by atoms with E-state index in [-0.39, 0.29) is 0 Å². The molecule has 1 rings (SSSR count). The molecule has 110 valence electrons. The fourth-order valence-corrected chi connectivity index (χ4v) is 1.95. The van der Waals surface area contributed by atoms with Crippen LogP contribution in [0.1, 0.15) is 20.8 Å². The summed E-state index contributed by atoms with van der Waals surface area (Å²) in [5, 5.41) is 11.3. The molecule has 0 aliphatic carbocycles. The molecule has 0 aromatic rings. The molecule has 8 heteroatoms. The lowest BCUT2D eigenvalue weighted by molar-refractivity contribution is -0.187. The van der Waals surface area contributed by atoms with Crippen LogP contribution in [-0.4, -0.2) is 46.8 Å². The fraction of sp³-hybridized carbons (Fsp3) is 0.818. The van der Waals surface area contributed by atoms with E-state index < -0.39 is 48.6 Å². The maximum absolute atomic E-state index is 12.7. The van der Waals surface area contributed by atoms with E-state index in [2.05, 4.69) is 5.32 Å². The number of carbonyl (C=O) groups excluding carboxylic acids is 1. The molecule has 1 fully saturated rings. The molecule has 2 N–H and O–H groups in total. The van der Waals surface area contributed by atoms with E-state index in [0.717, 1.165) is 4.90 Å². The summed E-state index contributed by atoms with van der Waals surface area (Å²) >= 11 is 0. The molecular formula is C11H17F3N2O3. The third-order valence-electron chi connectivity index (χ3n) is 2.83. The topological polar surface area (TPSA) is 69.6 Å². The molecule has 0 aromatic carbocycles. The van der Waals surface area contributed by atoms with Gasteiger partial charge in [0.2, 0.25) is 0 Å². The van der Waals surface area contributed by atoms with Crippen LogP contribution >= 0.6 is 0 Å². The number of urea groups is 1. The monoisotopic (exact) mass is 282 g/mol. The Bertz CT molecular complexity index is 376. The first-order valence-corrected chi connectivity index (χ1v) is 5.78. The van der Waals surface area contributed by atoms with E-state index in [1.54, 1.807) is 20.8 Å². The van der Waals surface area contributed by atoms with Crippen LogP contribution in [0.4, 0.5) is 18.0 Å². The minimum absolute atomic E-state index is 0.429. The number of carboxylic acids is 1. The smallest absolute Gasteiger partial charge is 0.394 e. The first-order valence-electron chi connectivity index (χ1n) is 5.78. The molecule has 1 aliphatic heterocycles. The molecule has 5 nitrogen and oxygen atoms in total. The van der Waals surface area contributed by atoms with Gasteiger partial charge in [-0.3, -0.25) is 4.79 Å². The number of rotatable bonds is 1.